The number of carbonyl (C=O) groups is 1. The highest BCUT2D eigenvalue weighted by atomic mass is 16.4. The van der Waals surface area contributed by atoms with E-state index in [0.29, 0.717) is 11.5 Å². The minimum Gasteiger partial charge on any atom is -0.481 e. The molecule has 2 N–H and O–H groups in total. The highest BCUT2D eigenvalue weighted by Gasteiger charge is 2.25. The lowest BCUT2D eigenvalue weighted by Gasteiger charge is -2.26. The van der Waals surface area contributed by atoms with Gasteiger partial charge in [-0.15, -0.1) is 0 Å². The molecule has 1 aromatic carbocycles. The van der Waals surface area contributed by atoms with Gasteiger partial charge in [0.05, 0.1) is 17.2 Å². The number of hydrogen-bond acceptors (Lipinski definition) is 3. The Bertz CT molecular complexity index is 526. The van der Waals surface area contributed by atoms with Crippen LogP contribution >= 0.6 is 0 Å². The summed E-state index contributed by atoms with van der Waals surface area (Å²) in [6.07, 6.45) is 3.41. The molecule has 4 nitrogen and oxygen atoms in total. The first kappa shape index (κ1) is 14.4. The second-order valence-corrected chi connectivity index (χ2v) is 5.60. The van der Waals surface area contributed by atoms with Crippen molar-refractivity contribution in [2.24, 2.45) is 11.8 Å². The van der Waals surface area contributed by atoms with Crippen LogP contribution in [0.25, 0.3) is 0 Å². The van der Waals surface area contributed by atoms with Gasteiger partial charge >= 0.3 is 5.97 Å². The van der Waals surface area contributed by atoms with E-state index in [9.17, 15) is 4.79 Å². The average molecular weight is 272 g/mol. The fraction of sp³-hybridized carbons (Fsp3) is 0.500. The number of benzene rings is 1. The van der Waals surface area contributed by atoms with Gasteiger partial charge in [0, 0.05) is 6.54 Å². The molecule has 0 unspecified atom stereocenters. The molecule has 0 heterocycles. The Hall–Kier alpha value is -2.02. The van der Waals surface area contributed by atoms with Crippen molar-refractivity contribution in [3.05, 3.63) is 29.3 Å². The summed E-state index contributed by atoms with van der Waals surface area (Å²) < 4.78 is 0. The number of rotatable bonds is 4. The lowest BCUT2D eigenvalue weighted by molar-refractivity contribution is -0.143. The zero-order chi connectivity index (χ0) is 14.5. The molecular formula is C16H20N2O2. The predicted octanol–water partition coefficient (Wildman–Crippen LogP) is 3.17. The molecule has 1 saturated carbocycles. The minimum atomic E-state index is -0.665. The number of aliphatic carboxylic acids is 1. The molecule has 0 atom stereocenters. The fourth-order valence-corrected chi connectivity index (χ4v) is 2.77. The molecule has 0 bridgehead atoms. The maximum atomic E-state index is 10.9. The lowest BCUT2D eigenvalue weighted by atomic mass is 9.82. The van der Waals surface area contributed by atoms with Crippen LogP contribution in [0.1, 0.15) is 36.8 Å². The Morgan fingerprint density at radius 3 is 2.70 bits per heavy atom. The van der Waals surface area contributed by atoms with Crippen molar-refractivity contribution >= 4 is 11.7 Å². The van der Waals surface area contributed by atoms with Crippen LogP contribution in [0.4, 0.5) is 5.69 Å². The number of carboxylic acid groups (broad SMARTS) is 1. The minimum absolute atomic E-state index is 0.166. The van der Waals surface area contributed by atoms with Crippen LogP contribution < -0.4 is 5.32 Å². The van der Waals surface area contributed by atoms with Crippen LogP contribution in [-0.2, 0) is 4.79 Å². The number of carboxylic acids is 1. The molecule has 4 heteroatoms. The third kappa shape index (κ3) is 3.51. The second-order valence-electron chi connectivity index (χ2n) is 5.60. The summed E-state index contributed by atoms with van der Waals surface area (Å²) in [5.74, 6) is -0.333. The Morgan fingerprint density at radius 2 is 2.10 bits per heavy atom. The van der Waals surface area contributed by atoms with Crippen molar-refractivity contribution in [1.82, 2.24) is 0 Å². The number of aryl methyl sites for hydroxylation is 1. The van der Waals surface area contributed by atoms with E-state index in [1.165, 1.54) is 0 Å². The number of nitrogens with one attached hydrogen (secondary N) is 1. The van der Waals surface area contributed by atoms with Gasteiger partial charge in [0.2, 0.25) is 0 Å². The third-order valence-electron chi connectivity index (χ3n) is 4.07. The highest BCUT2D eigenvalue weighted by Crippen LogP contribution is 2.29. The topological polar surface area (TPSA) is 73.1 Å². The highest BCUT2D eigenvalue weighted by molar-refractivity contribution is 5.70. The Kier molecular flexibility index (Phi) is 4.62. The maximum Gasteiger partial charge on any atom is 0.306 e. The molecule has 1 aromatic rings. The van der Waals surface area contributed by atoms with Gasteiger partial charge in [-0.25, -0.2) is 0 Å². The van der Waals surface area contributed by atoms with Gasteiger partial charge in [-0.05, 0) is 56.2 Å². The summed E-state index contributed by atoms with van der Waals surface area (Å²) in [7, 11) is 0. The van der Waals surface area contributed by atoms with Gasteiger partial charge in [0.25, 0.3) is 0 Å². The van der Waals surface area contributed by atoms with Crippen LogP contribution in [0.3, 0.4) is 0 Å². The zero-order valence-electron chi connectivity index (χ0n) is 11.7. The summed E-state index contributed by atoms with van der Waals surface area (Å²) in [4.78, 5) is 10.9. The Morgan fingerprint density at radius 1 is 1.40 bits per heavy atom. The first-order valence-electron chi connectivity index (χ1n) is 7.07. The Balaban J connectivity index is 1.88. The molecule has 0 aromatic heterocycles. The van der Waals surface area contributed by atoms with E-state index < -0.39 is 5.97 Å². The average Bonchev–Trinajstić information content (AvgIpc) is 2.46. The molecule has 0 amide bonds. The molecular weight excluding hydrogens is 252 g/mol. The standard InChI is InChI=1S/C16H20N2O2/c1-11-2-7-15(14(8-11)9-17)18-10-12-3-5-13(6-4-12)16(19)20/h2,7-8,12-13,18H,3-6,10H2,1H3,(H,19,20). The fourth-order valence-electron chi connectivity index (χ4n) is 2.77. The predicted molar refractivity (Wildman–Crippen MR) is 77.5 cm³/mol. The van der Waals surface area contributed by atoms with Gasteiger partial charge in [-0.1, -0.05) is 6.07 Å². The van der Waals surface area contributed by atoms with Crippen LogP contribution in [-0.4, -0.2) is 17.6 Å². The van der Waals surface area contributed by atoms with E-state index in [1.807, 2.05) is 25.1 Å². The van der Waals surface area contributed by atoms with Crippen molar-refractivity contribution in [1.29, 1.82) is 5.26 Å². The van der Waals surface area contributed by atoms with Gasteiger partial charge in [-0.2, -0.15) is 5.26 Å². The quantitative estimate of drug-likeness (QED) is 0.883. The summed E-state index contributed by atoms with van der Waals surface area (Å²) in [6.45, 7) is 2.78. The molecule has 106 valence electrons. The van der Waals surface area contributed by atoms with Crippen LogP contribution in [0.15, 0.2) is 18.2 Å². The van der Waals surface area contributed by atoms with Gasteiger partial charge in [0.1, 0.15) is 6.07 Å². The summed E-state index contributed by atoms with van der Waals surface area (Å²) >= 11 is 0. The lowest BCUT2D eigenvalue weighted by Crippen LogP contribution is -2.25. The smallest absolute Gasteiger partial charge is 0.306 e. The molecule has 0 aliphatic heterocycles. The second kappa shape index (κ2) is 6.42. The van der Waals surface area contributed by atoms with E-state index in [0.717, 1.165) is 43.5 Å². The van der Waals surface area contributed by atoms with Gasteiger partial charge in [0.15, 0.2) is 0 Å². The largest absolute Gasteiger partial charge is 0.481 e. The zero-order valence-corrected chi connectivity index (χ0v) is 11.7. The third-order valence-corrected chi connectivity index (χ3v) is 4.07. The monoisotopic (exact) mass is 272 g/mol. The van der Waals surface area contributed by atoms with Crippen molar-refractivity contribution < 1.29 is 9.90 Å². The summed E-state index contributed by atoms with van der Waals surface area (Å²) in [5, 5.41) is 21.4. The van der Waals surface area contributed by atoms with Crippen LogP contribution in [0.5, 0.6) is 0 Å². The number of anilines is 1. The number of nitrogens with zero attached hydrogens (tertiary/aromatic N) is 1. The van der Waals surface area contributed by atoms with Crippen molar-refractivity contribution in [2.75, 3.05) is 11.9 Å². The van der Waals surface area contributed by atoms with Gasteiger partial charge in [-0.3, -0.25) is 4.79 Å². The van der Waals surface area contributed by atoms with E-state index in [-0.39, 0.29) is 5.92 Å². The summed E-state index contributed by atoms with van der Waals surface area (Å²) in [6, 6.07) is 8.02. The maximum absolute atomic E-state index is 10.9. The van der Waals surface area contributed by atoms with E-state index in [1.54, 1.807) is 0 Å². The first-order valence-corrected chi connectivity index (χ1v) is 7.07. The summed E-state index contributed by atoms with van der Waals surface area (Å²) in [5.41, 5.74) is 2.62. The molecule has 0 saturated heterocycles. The first-order chi connectivity index (χ1) is 9.60. The van der Waals surface area contributed by atoms with Crippen molar-refractivity contribution in [3.8, 4) is 6.07 Å². The Labute approximate surface area is 119 Å². The van der Waals surface area contributed by atoms with Crippen molar-refractivity contribution in [2.45, 2.75) is 32.6 Å². The number of hydrogen-bond donors (Lipinski definition) is 2. The van der Waals surface area contributed by atoms with Gasteiger partial charge < -0.3 is 10.4 Å². The van der Waals surface area contributed by atoms with E-state index in [4.69, 9.17) is 10.4 Å². The molecule has 1 aliphatic carbocycles. The van der Waals surface area contributed by atoms with Crippen LogP contribution in [0, 0.1) is 30.1 Å². The molecule has 1 aliphatic rings. The van der Waals surface area contributed by atoms with Crippen LogP contribution in [0.2, 0.25) is 0 Å². The molecule has 0 radical (unpaired) electrons. The molecule has 1 fully saturated rings. The van der Waals surface area contributed by atoms with E-state index >= 15 is 0 Å². The van der Waals surface area contributed by atoms with Crippen molar-refractivity contribution in [3.63, 3.8) is 0 Å². The normalized spacial score (nSPS) is 22.0. The van der Waals surface area contributed by atoms with E-state index in [2.05, 4.69) is 11.4 Å². The molecule has 0 spiro atoms. The SMILES string of the molecule is Cc1ccc(NCC2CCC(C(=O)O)CC2)c(C#N)c1. The molecule has 20 heavy (non-hydrogen) atoms. The molecule has 2 rings (SSSR count). The number of nitriles is 1.